The Kier molecular flexibility index (Phi) is 4.19. The lowest BCUT2D eigenvalue weighted by molar-refractivity contribution is -0.118. The van der Waals surface area contributed by atoms with Gasteiger partial charge in [0.2, 0.25) is 5.91 Å². The van der Waals surface area contributed by atoms with E-state index in [-0.39, 0.29) is 12.5 Å². The van der Waals surface area contributed by atoms with E-state index in [1.165, 1.54) is 0 Å². The van der Waals surface area contributed by atoms with Crippen molar-refractivity contribution in [2.75, 3.05) is 6.54 Å². The van der Waals surface area contributed by atoms with Crippen LogP contribution in [0.1, 0.15) is 19.0 Å². The van der Waals surface area contributed by atoms with E-state index in [4.69, 9.17) is 5.73 Å². The van der Waals surface area contributed by atoms with Gasteiger partial charge in [-0.25, -0.2) is 0 Å². The van der Waals surface area contributed by atoms with E-state index in [1.807, 2.05) is 22.9 Å². The average Bonchev–Trinajstić information content (AvgIpc) is 2.52. The van der Waals surface area contributed by atoms with Crippen molar-refractivity contribution in [1.82, 2.24) is 9.88 Å². The predicted molar refractivity (Wildman–Crippen MR) is 55.6 cm³/mol. The second-order valence-corrected chi connectivity index (χ2v) is 3.27. The van der Waals surface area contributed by atoms with E-state index >= 15 is 0 Å². The Morgan fingerprint density at radius 1 is 1.64 bits per heavy atom. The SMILES string of the molecule is CCCNCc1cccn1CC(N)=O. The van der Waals surface area contributed by atoms with Gasteiger partial charge in [0.1, 0.15) is 6.54 Å². The molecule has 0 aliphatic rings. The molecule has 0 bridgehead atoms. The van der Waals surface area contributed by atoms with Gasteiger partial charge in [-0.05, 0) is 25.1 Å². The molecule has 0 unspecified atom stereocenters. The van der Waals surface area contributed by atoms with Crippen LogP contribution in [0.3, 0.4) is 0 Å². The van der Waals surface area contributed by atoms with Crippen LogP contribution < -0.4 is 11.1 Å². The van der Waals surface area contributed by atoms with Gasteiger partial charge >= 0.3 is 0 Å². The minimum absolute atomic E-state index is 0.260. The molecule has 1 rings (SSSR count). The van der Waals surface area contributed by atoms with E-state index in [2.05, 4.69) is 12.2 Å². The molecule has 1 amide bonds. The summed E-state index contributed by atoms with van der Waals surface area (Å²) in [5, 5.41) is 3.28. The number of nitrogens with two attached hydrogens (primary N) is 1. The number of rotatable bonds is 6. The number of hydrogen-bond donors (Lipinski definition) is 2. The van der Waals surface area contributed by atoms with Gasteiger partial charge < -0.3 is 15.6 Å². The highest BCUT2D eigenvalue weighted by atomic mass is 16.1. The van der Waals surface area contributed by atoms with Gasteiger partial charge in [0.25, 0.3) is 0 Å². The van der Waals surface area contributed by atoms with Gasteiger partial charge in [-0.3, -0.25) is 4.79 Å². The summed E-state index contributed by atoms with van der Waals surface area (Å²) in [6.45, 7) is 4.15. The minimum atomic E-state index is -0.307. The summed E-state index contributed by atoms with van der Waals surface area (Å²) < 4.78 is 1.87. The van der Waals surface area contributed by atoms with E-state index in [1.54, 1.807) is 0 Å². The molecular weight excluding hydrogens is 178 g/mol. The largest absolute Gasteiger partial charge is 0.368 e. The van der Waals surface area contributed by atoms with Crippen LogP contribution in [-0.2, 0) is 17.9 Å². The number of hydrogen-bond acceptors (Lipinski definition) is 2. The van der Waals surface area contributed by atoms with E-state index in [0.717, 1.165) is 25.2 Å². The fourth-order valence-corrected chi connectivity index (χ4v) is 1.33. The van der Waals surface area contributed by atoms with Crippen molar-refractivity contribution in [3.05, 3.63) is 24.0 Å². The predicted octanol–water partition coefficient (Wildman–Crippen LogP) is 0.473. The number of carbonyl (C=O) groups is 1. The monoisotopic (exact) mass is 195 g/mol. The normalized spacial score (nSPS) is 10.4. The maximum absolute atomic E-state index is 10.7. The molecule has 0 aliphatic heterocycles. The quantitative estimate of drug-likeness (QED) is 0.648. The van der Waals surface area contributed by atoms with Crippen LogP contribution in [0.25, 0.3) is 0 Å². The number of nitrogens with one attached hydrogen (secondary N) is 1. The third kappa shape index (κ3) is 3.22. The van der Waals surface area contributed by atoms with Crippen molar-refractivity contribution in [3.63, 3.8) is 0 Å². The van der Waals surface area contributed by atoms with Crippen molar-refractivity contribution in [2.24, 2.45) is 5.73 Å². The number of amides is 1. The Hall–Kier alpha value is -1.29. The molecule has 0 aromatic carbocycles. The van der Waals surface area contributed by atoms with Crippen molar-refractivity contribution in [2.45, 2.75) is 26.4 Å². The molecule has 4 nitrogen and oxygen atoms in total. The van der Waals surface area contributed by atoms with Crippen LogP contribution in [0.5, 0.6) is 0 Å². The zero-order valence-electron chi connectivity index (χ0n) is 8.49. The van der Waals surface area contributed by atoms with E-state index in [0.29, 0.717) is 0 Å². The first-order chi connectivity index (χ1) is 6.74. The fraction of sp³-hybridized carbons (Fsp3) is 0.500. The van der Waals surface area contributed by atoms with Crippen LogP contribution in [0.2, 0.25) is 0 Å². The Bertz CT molecular complexity index is 293. The zero-order valence-corrected chi connectivity index (χ0v) is 8.49. The van der Waals surface area contributed by atoms with Gasteiger partial charge in [-0.15, -0.1) is 0 Å². The summed E-state index contributed by atoms with van der Waals surface area (Å²) in [6.07, 6.45) is 2.98. The van der Waals surface area contributed by atoms with Crippen LogP contribution in [0.4, 0.5) is 0 Å². The number of nitrogens with zero attached hydrogens (tertiary/aromatic N) is 1. The Morgan fingerprint density at radius 2 is 2.43 bits per heavy atom. The number of carbonyl (C=O) groups excluding carboxylic acids is 1. The van der Waals surface area contributed by atoms with Crippen LogP contribution >= 0.6 is 0 Å². The molecule has 1 aromatic rings. The number of primary amides is 1. The molecule has 0 atom stereocenters. The maximum Gasteiger partial charge on any atom is 0.237 e. The summed E-state index contributed by atoms with van der Waals surface area (Å²) in [5.74, 6) is -0.307. The van der Waals surface area contributed by atoms with Gasteiger partial charge in [0.15, 0.2) is 0 Å². The highest BCUT2D eigenvalue weighted by molar-refractivity contribution is 5.73. The van der Waals surface area contributed by atoms with E-state index in [9.17, 15) is 4.79 Å². The molecule has 0 spiro atoms. The highest BCUT2D eigenvalue weighted by Crippen LogP contribution is 2.01. The maximum atomic E-state index is 10.7. The van der Waals surface area contributed by atoms with Gasteiger partial charge in [-0.2, -0.15) is 0 Å². The molecule has 14 heavy (non-hydrogen) atoms. The molecule has 1 aromatic heterocycles. The second kappa shape index (κ2) is 5.44. The van der Waals surface area contributed by atoms with E-state index < -0.39 is 0 Å². The lowest BCUT2D eigenvalue weighted by Crippen LogP contribution is -2.22. The first kappa shape index (κ1) is 10.8. The Balaban J connectivity index is 2.49. The Labute approximate surface area is 84.1 Å². The fourth-order valence-electron chi connectivity index (χ4n) is 1.33. The third-order valence-electron chi connectivity index (χ3n) is 1.98. The summed E-state index contributed by atoms with van der Waals surface area (Å²) in [4.78, 5) is 10.7. The topological polar surface area (TPSA) is 60.1 Å². The van der Waals surface area contributed by atoms with Crippen molar-refractivity contribution in [1.29, 1.82) is 0 Å². The van der Waals surface area contributed by atoms with Gasteiger partial charge in [0, 0.05) is 18.4 Å². The lowest BCUT2D eigenvalue weighted by Gasteiger charge is -2.07. The Morgan fingerprint density at radius 3 is 3.07 bits per heavy atom. The van der Waals surface area contributed by atoms with Crippen LogP contribution in [0, 0.1) is 0 Å². The van der Waals surface area contributed by atoms with Gasteiger partial charge in [0.05, 0.1) is 0 Å². The second-order valence-electron chi connectivity index (χ2n) is 3.27. The van der Waals surface area contributed by atoms with Crippen LogP contribution in [0.15, 0.2) is 18.3 Å². The molecule has 0 saturated heterocycles. The number of aromatic nitrogens is 1. The van der Waals surface area contributed by atoms with Crippen LogP contribution in [-0.4, -0.2) is 17.0 Å². The molecule has 0 saturated carbocycles. The first-order valence-electron chi connectivity index (χ1n) is 4.87. The summed E-state index contributed by atoms with van der Waals surface area (Å²) in [5.41, 5.74) is 6.22. The minimum Gasteiger partial charge on any atom is -0.368 e. The smallest absolute Gasteiger partial charge is 0.237 e. The highest BCUT2D eigenvalue weighted by Gasteiger charge is 2.02. The van der Waals surface area contributed by atoms with Gasteiger partial charge in [-0.1, -0.05) is 6.92 Å². The summed E-state index contributed by atoms with van der Waals surface area (Å²) in [7, 11) is 0. The van der Waals surface area contributed by atoms with Crippen molar-refractivity contribution >= 4 is 5.91 Å². The zero-order chi connectivity index (χ0) is 10.4. The molecule has 3 N–H and O–H groups in total. The molecule has 0 aliphatic carbocycles. The van der Waals surface area contributed by atoms with Crippen molar-refractivity contribution < 1.29 is 4.79 Å². The molecule has 78 valence electrons. The molecule has 4 heteroatoms. The third-order valence-corrected chi connectivity index (χ3v) is 1.98. The molecular formula is C10H17N3O. The molecule has 1 heterocycles. The van der Waals surface area contributed by atoms with Crippen molar-refractivity contribution in [3.8, 4) is 0 Å². The summed E-state index contributed by atoms with van der Waals surface area (Å²) in [6, 6.07) is 3.91. The first-order valence-corrected chi connectivity index (χ1v) is 4.87. The lowest BCUT2D eigenvalue weighted by atomic mass is 10.4. The molecule has 0 fully saturated rings. The summed E-state index contributed by atoms with van der Waals surface area (Å²) >= 11 is 0. The molecule has 0 radical (unpaired) electrons. The standard InChI is InChI=1S/C10H17N3O/c1-2-5-12-7-9-4-3-6-13(9)8-10(11)14/h3-4,6,12H,2,5,7-8H2,1H3,(H2,11,14). The average molecular weight is 195 g/mol.